The Morgan fingerprint density at radius 1 is 0.543 bits per heavy atom. The zero-order chi connectivity index (χ0) is 25.1. The molecule has 0 atom stereocenters. The Morgan fingerprint density at radius 3 is 1.17 bits per heavy atom. The van der Waals surface area contributed by atoms with Crippen molar-refractivity contribution in [3.63, 3.8) is 0 Å². The summed E-state index contributed by atoms with van der Waals surface area (Å²) >= 11 is 0. The fourth-order valence-corrected chi connectivity index (χ4v) is 4.42. The molecular formula is C32H36O3. The molecule has 0 heterocycles. The highest BCUT2D eigenvalue weighted by atomic mass is 16.5. The quantitative estimate of drug-likeness (QED) is 0.307. The van der Waals surface area contributed by atoms with Crippen molar-refractivity contribution in [2.75, 3.05) is 27.4 Å². The largest absolute Gasteiger partial charge is 0.388 e. The second-order valence-electron chi connectivity index (χ2n) is 8.78. The van der Waals surface area contributed by atoms with Gasteiger partial charge in [-0.05, 0) is 36.1 Å². The number of methoxy groups -OCH3 is 2. The summed E-state index contributed by atoms with van der Waals surface area (Å²) in [5, 5.41) is 8.80. The number of rotatable bonds is 8. The second-order valence-corrected chi connectivity index (χ2v) is 8.78. The number of hydrogen-bond acceptors (Lipinski definition) is 3. The monoisotopic (exact) mass is 468 g/mol. The van der Waals surface area contributed by atoms with Crippen LogP contribution in [0.1, 0.15) is 33.4 Å². The predicted molar refractivity (Wildman–Crippen MR) is 144 cm³/mol. The van der Waals surface area contributed by atoms with Crippen LogP contribution in [0.25, 0.3) is 0 Å². The van der Waals surface area contributed by atoms with Crippen LogP contribution < -0.4 is 0 Å². The summed E-state index contributed by atoms with van der Waals surface area (Å²) in [7, 11) is 3.08. The summed E-state index contributed by atoms with van der Waals surface area (Å²) in [5.41, 5.74) is 7.34. The Hall–Kier alpha value is -3.24. The molecule has 4 aromatic rings. The Labute approximate surface area is 210 Å². The first-order valence-corrected chi connectivity index (χ1v) is 11.9. The van der Waals surface area contributed by atoms with E-state index in [0.717, 1.165) is 0 Å². The lowest BCUT2D eigenvalue weighted by molar-refractivity contribution is 0.00980. The van der Waals surface area contributed by atoms with Crippen molar-refractivity contribution in [3.8, 4) is 0 Å². The molecule has 0 amide bonds. The van der Waals surface area contributed by atoms with Gasteiger partial charge in [-0.2, -0.15) is 0 Å². The maximum absolute atomic E-state index is 8.80. The molecule has 3 nitrogen and oxygen atoms in total. The van der Waals surface area contributed by atoms with Gasteiger partial charge in [0.05, 0.1) is 18.6 Å². The third-order valence-electron chi connectivity index (χ3n) is 6.10. The smallest absolute Gasteiger partial charge is 0.101 e. The lowest BCUT2D eigenvalue weighted by Gasteiger charge is -2.37. The van der Waals surface area contributed by atoms with E-state index in [4.69, 9.17) is 5.11 Å². The van der Waals surface area contributed by atoms with Gasteiger partial charge in [-0.15, -0.1) is 0 Å². The molecule has 0 bridgehead atoms. The molecule has 0 aliphatic carbocycles. The highest BCUT2D eigenvalue weighted by Crippen LogP contribution is 2.45. The lowest BCUT2D eigenvalue weighted by Crippen LogP contribution is -2.31. The number of aryl methyl sites for hydroxylation is 2. The summed E-state index contributed by atoms with van der Waals surface area (Å²) in [6, 6.07) is 39.6. The van der Waals surface area contributed by atoms with Gasteiger partial charge in [0.2, 0.25) is 0 Å². The van der Waals surface area contributed by atoms with Crippen LogP contribution in [-0.2, 0) is 14.9 Å². The van der Waals surface area contributed by atoms with Crippen LogP contribution in [0, 0.1) is 13.8 Å². The standard InChI is InChI=1S/C27H24.C5H12O3/c1-21-13-17-25(18-14-21)27(23-9-5-3-6-10-23,24-11-7-4-8-12-24)26-19-15-22(2)16-20-26;1-7-3-5(6)4-8-2/h3-20H,1-2H3;5-6H,3-4H2,1-2H3. The predicted octanol–water partition coefficient (Wildman–Crippen LogP) is 6.33. The molecule has 0 saturated carbocycles. The Kier molecular flexibility index (Phi) is 9.80. The van der Waals surface area contributed by atoms with E-state index in [0.29, 0.717) is 13.2 Å². The Bertz CT molecular complexity index is 1030. The highest BCUT2D eigenvalue weighted by Gasteiger charge is 2.38. The molecule has 4 aromatic carbocycles. The van der Waals surface area contributed by atoms with Crippen molar-refractivity contribution in [2.45, 2.75) is 25.4 Å². The summed E-state index contributed by atoms with van der Waals surface area (Å²) in [6.45, 7) is 4.96. The van der Waals surface area contributed by atoms with Crippen LogP contribution in [0.5, 0.6) is 0 Å². The number of aliphatic hydroxyl groups is 1. The van der Waals surface area contributed by atoms with Gasteiger partial charge in [0.15, 0.2) is 0 Å². The molecule has 1 N–H and O–H groups in total. The molecule has 0 aromatic heterocycles. The minimum absolute atomic E-state index is 0.341. The van der Waals surface area contributed by atoms with Crippen LogP contribution in [0.15, 0.2) is 109 Å². The maximum atomic E-state index is 8.80. The van der Waals surface area contributed by atoms with E-state index in [2.05, 4.69) is 133 Å². The molecule has 0 fully saturated rings. The Morgan fingerprint density at radius 2 is 0.857 bits per heavy atom. The van der Waals surface area contributed by atoms with Gasteiger partial charge in [0.25, 0.3) is 0 Å². The zero-order valence-corrected chi connectivity index (χ0v) is 21.1. The van der Waals surface area contributed by atoms with Gasteiger partial charge in [-0.3, -0.25) is 0 Å². The number of aliphatic hydroxyl groups excluding tert-OH is 1. The molecular weight excluding hydrogens is 432 g/mol. The van der Waals surface area contributed by atoms with Crippen molar-refractivity contribution in [2.24, 2.45) is 0 Å². The number of benzene rings is 4. The molecule has 35 heavy (non-hydrogen) atoms. The normalized spacial score (nSPS) is 11.1. The van der Waals surface area contributed by atoms with Gasteiger partial charge >= 0.3 is 0 Å². The Balaban J connectivity index is 0.000000371. The molecule has 0 aliphatic rings. The average Bonchev–Trinajstić information content (AvgIpc) is 2.89. The lowest BCUT2D eigenvalue weighted by atomic mass is 9.65. The van der Waals surface area contributed by atoms with Gasteiger partial charge < -0.3 is 14.6 Å². The SMILES string of the molecule is COCC(O)COC.Cc1ccc(C(c2ccccc2)(c2ccccc2)c2ccc(C)cc2)cc1. The maximum Gasteiger partial charge on any atom is 0.101 e. The van der Waals surface area contributed by atoms with E-state index >= 15 is 0 Å². The first kappa shape index (κ1) is 26.4. The fourth-order valence-electron chi connectivity index (χ4n) is 4.42. The van der Waals surface area contributed by atoms with E-state index < -0.39 is 6.10 Å². The third-order valence-corrected chi connectivity index (χ3v) is 6.10. The van der Waals surface area contributed by atoms with Crippen molar-refractivity contribution in [3.05, 3.63) is 143 Å². The molecule has 0 radical (unpaired) electrons. The van der Waals surface area contributed by atoms with E-state index in [1.807, 2.05) is 0 Å². The summed E-state index contributed by atoms with van der Waals surface area (Å²) < 4.78 is 9.25. The summed E-state index contributed by atoms with van der Waals surface area (Å²) in [5.74, 6) is 0. The van der Waals surface area contributed by atoms with Crippen molar-refractivity contribution < 1.29 is 14.6 Å². The molecule has 0 aliphatic heterocycles. The van der Waals surface area contributed by atoms with Gasteiger partial charge in [-0.25, -0.2) is 0 Å². The average molecular weight is 469 g/mol. The van der Waals surface area contributed by atoms with E-state index in [9.17, 15) is 0 Å². The van der Waals surface area contributed by atoms with Crippen LogP contribution >= 0.6 is 0 Å². The van der Waals surface area contributed by atoms with E-state index in [1.165, 1.54) is 33.4 Å². The topological polar surface area (TPSA) is 38.7 Å². The zero-order valence-electron chi connectivity index (χ0n) is 21.1. The van der Waals surface area contributed by atoms with Crippen molar-refractivity contribution >= 4 is 0 Å². The minimum Gasteiger partial charge on any atom is -0.388 e. The van der Waals surface area contributed by atoms with Crippen LogP contribution in [0.3, 0.4) is 0 Å². The van der Waals surface area contributed by atoms with Crippen LogP contribution in [0.2, 0.25) is 0 Å². The van der Waals surface area contributed by atoms with Crippen molar-refractivity contribution in [1.29, 1.82) is 0 Å². The van der Waals surface area contributed by atoms with Gasteiger partial charge in [-0.1, -0.05) is 120 Å². The minimum atomic E-state index is -0.481. The number of hydrogen-bond donors (Lipinski definition) is 1. The molecule has 0 spiro atoms. The number of ether oxygens (including phenoxy) is 2. The van der Waals surface area contributed by atoms with Gasteiger partial charge in [0.1, 0.15) is 6.10 Å². The molecule has 0 unspecified atom stereocenters. The van der Waals surface area contributed by atoms with Gasteiger partial charge in [0, 0.05) is 14.2 Å². The molecule has 0 saturated heterocycles. The summed E-state index contributed by atoms with van der Waals surface area (Å²) in [6.07, 6.45) is -0.481. The first-order valence-electron chi connectivity index (χ1n) is 11.9. The highest BCUT2D eigenvalue weighted by molar-refractivity contribution is 5.60. The summed E-state index contributed by atoms with van der Waals surface area (Å²) in [4.78, 5) is 0. The van der Waals surface area contributed by atoms with E-state index in [1.54, 1.807) is 14.2 Å². The third kappa shape index (κ3) is 6.46. The van der Waals surface area contributed by atoms with Crippen LogP contribution in [-0.4, -0.2) is 38.6 Å². The first-order chi connectivity index (χ1) is 17.0. The fraction of sp³-hybridized carbons (Fsp3) is 0.250. The van der Waals surface area contributed by atoms with E-state index in [-0.39, 0.29) is 5.41 Å². The van der Waals surface area contributed by atoms with Crippen molar-refractivity contribution in [1.82, 2.24) is 0 Å². The van der Waals surface area contributed by atoms with Crippen LogP contribution in [0.4, 0.5) is 0 Å². The second kappa shape index (κ2) is 13.0. The molecule has 4 rings (SSSR count). The molecule has 3 heteroatoms. The molecule has 182 valence electrons.